The summed E-state index contributed by atoms with van der Waals surface area (Å²) in [4.78, 5) is 70.6. The van der Waals surface area contributed by atoms with Gasteiger partial charge in [0.2, 0.25) is 11.7 Å². The summed E-state index contributed by atoms with van der Waals surface area (Å²) in [6.07, 6.45) is -0.578. The second-order valence-electron chi connectivity index (χ2n) is 11.4. The van der Waals surface area contributed by atoms with Gasteiger partial charge in [-0.15, -0.1) is 30.4 Å². The molecule has 0 saturated carbocycles. The van der Waals surface area contributed by atoms with Crippen molar-refractivity contribution in [1.82, 2.24) is 25.5 Å². The van der Waals surface area contributed by atoms with E-state index in [-0.39, 0.29) is 30.4 Å². The van der Waals surface area contributed by atoms with Crippen molar-refractivity contribution in [2.75, 3.05) is 6.61 Å². The third kappa shape index (κ3) is 9.94. The Labute approximate surface area is 283 Å². The van der Waals surface area contributed by atoms with Crippen LogP contribution in [0.2, 0.25) is 0 Å². The third-order valence-electron chi connectivity index (χ3n) is 7.49. The molecular formula is C31H35N7O12. The van der Waals surface area contributed by atoms with Crippen LogP contribution in [0.5, 0.6) is 0 Å². The highest BCUT2D eigenvalue weighted by Gasteiger charge is 2.34. The fourth-order valence-corrected chi connectivity index (χ4v) is 5.19. The minimum Gasteiger partial charge on any atom is -0.456 e. The van der Waals surface area contributed by atoms with E-state index in [4.69, 9.17) is 13.6 Å². The summed E-state index contributed by atoms with van der Waals surface area (Å²) in [6, 6.07) is 14.0. The molecule has 19 heteroatoms. The Morgan fingerprint density at radius 3 is 2.32 bits per heavy atom. The molecule has 2 aromatic carbocycles. The molecule has 0 spiro atoms. The fraction of sp³-hybridized carbons (Fsp3) is 0.419. The summed E-state index contributed by atoms with van der Waals surface area (Å²) >= 11 is 0. The number of amides is 1. The fourth-order valence-electron chi connectivity index (χ4n) is 5.19. The molecule has 50 heavy (non-hydrogen) atoms. The van der Waals surface area contributed by atoms with Crippen molar-refractivity contribution in [2.45, 2.75) is 71.8 Å². The van der Waals surface area contributed by atoms with Gasteiger partial charge in [-0.05, 0) is 34.2 Å². The number of carbonyl (C=O) groups excluding carboxylic acids is 2. The van der Waals surface area contributed by atoms with Crippen LogP contribution in [-0.4, -0.2) is 66.3 Å². The maximum atomic E-state index is 13.6. The van der Waals surface area contributed by atoms with Gasteiger partial charge < -0.3 is 28.1 Å². The number of esters is 1. The number of carbonyl (C=O) groups is 2. The quantitative estimate of drug-likeness (QED) is 0.0833. The van der Waals surface area contributed by atoms with Crippen LogP contribution in [0.4, 0.5) is 0 Å². The van der Waals surface area contributed by atoms with Crippen molar-refractivity contribution >= 4 is 11.9 Å². The van der Waals surface area contributed by atoms with Gasteiger partial charge in [-0.3, -0.25) is 4.79 Å². The Balaban J connectivity index is 1.53. The number of aromatic amines is 1. The van der Waals surface area contributed by atoms with Gasteiger partial charge in [0, 0.05) is 24.9 Å². The lowest BCUT2D eigenvalue weighted by atomic mass is 9.97. The van der Waals surface area contributed by atoms with Gasteiger partial charge in [0.25, 0.3) is 10.2 Å². The van der Waals surface area contributed by atoms with Gasteiger partial charge in [-0.2, -0.15) is 5.21 Å². The molecule has 0 aliphatic carbocycles. The minimum atomic E-state index is -1.56. The van der Waals surface area contributed by atoms with E-state index in [2.05, 4.69) is 30.3 Å². The third-order valence-corrected chi connectivity index (χ3v) is 7.49. The number of hydrogen-bond donors (Lipinski definition) is 1. The average molecular weight is 698 g/mol. The number of H-pyrrole nitrogens is 1. The van der Waals surface area contributed by atoms with Gasteiger partial charge in [-0.25, -0.2) is 9.59 Å². The summed E-state index contributed by atoms with van der Waals surface area (Å²) in [7, 11) is 0. The van der Waals surface area contributed by atoms with E-state index in [1.165, 1.54) is 4.90 Å². The van der Waals surface area contributed by atoms with E-state index in [1.54, 1.807) is 13.8 Å². The van der Waals surface area contributed by atoms with E-state index in [0.29, 0.717) is 12.2 Å². The molecule has 0 aliphatic rings. The SMILES string of the molecule is CCCCC(=O)N(Cc1ccc(-c2ccccc2-c2nn[nH]n2)cc1)[C@H](C(=O)OCc1oc(=O)oc1C[C@H](CO[N+](=O)[O-])O[N+](=O)[O-])C(C)C. The normalized spacial score (nSPS) is 12.2. The Bertz CT molecular complexity index is 1800. The molecular weight excluding hydrogens is 662 g/mol. The Kier molecular flexibility index (Phi) is 12.7. The number of tetrazole rings is 1. The van der Waals surface area contributed by atoms with Crippen molar-refractivity contribution in [3.63, 3.8) is 0 Å². The summed E-state index contributed by atoms with van der Waals surface area (Å²) < 4.78 is 15.4. The molecule has 19 nitrogen and oxygen atoms in total. The van der Waals surface area contributed by atoms with E-state index >= 15 is 0 Å². The molecule has 0 bridgehead atoms. The number of ether oxygens (including phenoxy) is 1. The Hall–Kier alpha value is -6.14. The molecule has 0 aliphatic heterocycles. The molecule has 0 saturated heterocycles. The van der Waals surface area contributed by atoms with Gasteiger partial charge in [0.15, 0.2) is 18.1 Å². The topological polar surface area (TPSA) is 249 Å². The monoisotopic (exact) mass is 697 g/mol. The lowest BCUT2D eigenvalue weighted by molar-refractivity contribution is -0.790. The van der Waals surface area contributed by atoms with Crippen LogP contribution in [0.25, 0.3) is 22.5 Å². The summed E-state index contributed by atoms with van der Waals surface area (Å²) in [6.45, 7) is 4.02. The largest absolute Gasteiger partial charge is 0.519 e. The van der Waals surface area contributed by atoms with E-state index < -0.39 is 59.7 Å². The molecule has 2 aromatic heterocycles. The second-order valence-corrected chi connectivity index (χ2v) is 11.4. The average Bonchev–Trinajstić information content (AvgIpc) is 3.74. The van der Waals surface area contributed by atoms with Gasteiger partial charge in [0.1, 0.15) is 18.8 Å². The molecule has 4 rings (SSSR count). The zero-order chi connectivity index (χ0) is 36.2. The van der Waals surface area contributed by atoms with Crippen LogP contribution in [0.3, 0.4) is 0 Å². The van der Waals surface area contributed by atoms with Gasteiger partial charge in [-0.1, -0.05) is 75.7 Å². The summed E-state index contributed by atoms with van der Waals surface area (Å²) in [5, 5.41) is 33.4. The minimum absolute atomic E-state index is 0.0790. The highest BCUT2D eigenvalue weighted by atomic mass is 17.0. The first-order valence-electron chi connectivity index (χ1n) is 15.5. The van der Waals surface area contributed by atoms with E-state index in [0.717, 1.165) is 28.7 Å². The highest BCUT2D eigenvalue weighted by Crippen LogP contribution is 2.30. The number of aromatic nitrogens is 4. The first kappa shape index (κ1) is 36.7. The number of hydrogen-bond acceptors (Lipinski definition) is 15. The van der Waals surface area contributed by atoms with Gasteiger partial charge >= 0.3 is 11.8 Å². The molecule has 0 radical (unpaired) electrons. The van der Waals surface area contributed by atoms with Gasteiger partial charge in [0.05, 0.1) is 0 Å². The maximum Gasteiger partial charge on any atom is 0.519 e. The van der Waals surface area contributed by atoms with Crippen molar-refractivity contribution in [2.24, 2.45) is 5.92 Å². The van der Waals surface area contributed by atoms with Crippen LogP contribution in [0.1, 0.15) is 57.1 Å². The van der Waals surface area contributed by atoms with Crippen LogP contribution in [0, 0.1) is 26.1 Å². The number of unbranched alkanes of at least 4 members (excludes halogenated alkanes) is 1. The van der Waals surface area contributed by atoms with Crippen LogP contribution in [-0.2, 0) is 43.6 Å². The van der Waals surface area contributed by atoms with Crippen LogP contribution >= 0.6 is 0 Å². The zero-order valence-electron chi connectivity index (χ0n) is 27.4. The first-order chi connectivity index (χ1) is 24.0. The van der Waals surface area contributed by atoms with Crippen molar-refractivity contribution in [3.8, 4) is 22.5 Å². The Morgan fingerprint density at radius 2 is 1.70 bits per heavy atom. The molecule has 266 valence electrons. The summed E-state index contributed by atoms with van der Waals surface area (Å²) in [5.41, 5.74) is 3.25. The summed E-state index contributed by atoms with van der Waals surface area (Å²) in [5.74, 6) is -2.87. The molecule has 2 atom stereocenters. The molecule has 2 heterocycles. The molecule has 0 fully saturated rings. The standard InChI is InChI=1S/C31H35N7O12/c1-4-5-10-27(39)36(16-20-11-13-21(14-12-20)23-8-6-7-9-24(23)29-32-34-35-33-29)28(19(2)3)30(40)46-18-26-25(48-31(41)49-26)15-22(50-38(44)45)17-47-37(42)43/h6-9,11-14,19,22,28H,4-5,10,15-18H2,1-3H3,(H,32,33,34,35)/t22-,28+/m1/s1. The predicted octanol–water partition coefficient (Wildman–Crippen LogP) is 3.69. The van der Waals surface area contributed by atoms with Crippen molar-refractivity contribution in [3.05, 3.63) is 96.5 Å². The Morgan fingerprint density at radius 1 is 1.00 bits per heavy atom. The molecule has 1 N–H and O–H groups in total. The van der Waals surface area contributed by atoms with Crippen LogP contribution in [0.15, 0.2) is 62.2 Å². The first-order valence-corrected chi connectivity index (χ1v) is 15.5. The van der Waals surface area contributed by atoms with E-state index in [1.807, 2.05) is 55.5 Å². The number of nitrogens with one attached hydrogen (secondary N) is 1. The number of rotatable bonds is 19. The van der Waals surface area contributed by atoms with Crippen LogP contribution < -0.4 is 5.82 Å². The predicted molar refractivity (Wildman–Crippen MR) is 169 cm³/mol. The second kappa shape index (κ2) is 17.3. The molecule has 0 unspecified atom stereocenters. The molecule has 1 amide bonds. The highest BCUT2D eigenvalue weighted by molar-refractivity contribution is 5.85. The zero-order valence-corrected chi connectivity index (χ0v) is 27.4. The lowest BCUT2D eigenvalue weighted by Gasteiger charge is -2.33. The molecule has 4 aromatic rings. The van der Waals surface area contributed by atoms with Crippen molar-refractivity contribution < 1.29 is 43.0 Å². The maximum absolute atomic E-state index is 13.6. The smallest absolute Gasteiger partial charge is 0.456 e. The van der Waals surface area contributed by atoms with Crippen molar-refractivity contribution in [1.29, 1.82) is 0 Å². The van der Waals surface area contributed by atoms with E-state index in [9.17, 15) is 34.6 Å². The number of nitrogens with zero attached hydrogens (tertiary/aromatic N) is 6. The number of benzene rings is 2. The lowest BCUT2D eigenvalue weighted by Crippen LogP contribution is -2.48.